The molecular formula is C16H29N3O. The van der Waals surface area contributed by atoms with E-state index in [0.717, 1.165) is 19.4 Å². The molecule has 1 atom stereocenters. The van der Waals surface area contributed by atoms with Gasteiger partial charge in [-0.05, 0) is 77.9 Å². The van der Waals surface area contributed by atoms with Gasteiger partial charge in [0, 0.05) is 18.1 Å². The molecule has 0 radical (unpaired) electrons. The van der Waals surface area contributed by atoms with Crippen molar-refractivity contribution in [3.8, 4) is 0 Å². The predicted molar refractivity (Wildman–Crippen MR) is 80.7 cm³/mol. The lowest BCUT2D eigenvalue weighted by Crippen LogP contribution is -2.57. The Kier molecular flexibility index (Phi) is 3.93. The Morgan fingerprint density at radius 1 is 1.10 bits per heavy atom. The molecule has 0 bridgehead atoms. The molecule has 2 saturated heterocycles. The summed E-state index contributed by atoms with van der Waals surface area (Å²) in [5, 5.41) is 3.29. The fourth-order valence-corrected chi connectivity index (χ4v) is 4.11. The number of carbonyl (C=O) groups is 1. The third-order valence-corrected chi connectivity index (χ3v) is 5.73. The lowest BCUT2D eigenvalue weighted by molar-refractivity contribution is 0.118. The van der Waals surface area contributed by atoms with Crippen molar-refractivity contribution < 1.29 is 4.79 Å². The molecular weight excluding hydrogens is 250 g/mol. The predicted octanol–water partition coefficient (Wildman–Crippen LogP) is 2.44. The van der Waals surface area contributed by atoms with Crippen LogP contribution in [0.4, 0.5) is 4.79 Å². The fraction of sp³-hybridized carbons (Fsp3) is 0.938. The van der Waals surface area contributed by atoms with E-state index in [1.54, 1.807) is 0 Å². The van der Waals surface area contributed by atoms with Crippen molar-refractivity contribution >= 4 is 6.03 Å². The molecule has 1 N–H and O–H groups in total. The van der Waals surface area contributed by atoms with E-state index in [9.17, 15) is 4.79 Å². The van der Waals surface area contributed by atoms with E-state index in [-0.39, 0.29) is 11.6 Å². The zero-order chi connectivity index (χ0) is 14.2. The van der Waals surface area contributed by atoms with Gasteiger partial charge in [0.05, 0.1) is 0 Å². The Morgan fingerprint density at radius 3 is 2.40 bits per heavy atom. The monoisotopic (exact) mass is 279 g/mol. The topological polar surface area (TPSA) is 35.6 Å². The average molecular weight is 279 g/mol. The standard InChI is InChI=1S/C16H29N3O/c1-16(8-4-9-16)17-15(20)19-10-3-5-14(19)13-6-11-18(2)12-7-13/h13-14H,3-12H2,1-2H3,(H,17,20)/t14-/m0/s1. The highest BCUT2D eigenvalue weighted by Gasteiger charge is 2.39. The van der Waals surface area contributed by atoms with Gasteiger partial charge in [0.25, 0.3) is 0 Å². The van der Waals surface area contributed by atoms with Crippen LogP contribution in [0.1, 0.15) is 51.9 Å². The Hall–Kier alpha value is -0.770. The normalized spacial score (nSPS) is 31.1. The maximum absolute atomic E-state index is 12.6. The average Bonchev–Trinajstić information content (AvgIpc) is 2.87. The maximum Gasteiger partial charge on any atom is 0.318 e. The van der Waals surface area contributed by atoms with Crippen molar-refractivity contribution in [3.05, 3.63) is 0 Å². The molecule has 2 aliphatic heterocycles. The fourth-order valence-electron chi connectivity index (χ4n) is 4.11. The molecule has 1 aliphatic carbocycles. The Bertz CT molecular complexity index is 359. The summed E-state index contributed by atoms with van der Waals surface area (Å²) in [6.07, 6.45) is 8.44. The van der Waals surface area contributed by atoms with Gasteiger partial charge >= 0.3 is 6.03 Å². The summed E-state index contributed by atoms with van der Waals surface area (Å²) in [6, 6.07) is 0.695. The van der Waals surface area contributed by atoms with Gasteiger partial charge in [-0.25, -0.2) is 4.79 Å². The van der Waals surface area contributed by atoms with Gasteiger partial charge in [-0.15, -0.1) is 0 Å². The summed E-state index contributed by atoms with van der Waals surface area (Å²) in [7, 11) is 2.20. The summed E-state index contributed by atoms with van der Waals surface area (Å²) in [5.41, 5.74) is 0.0804. The molecule has 0 aromatic carbocycles. The molecule has 2 heterocycles. The van der Waals surface area contributed by atoms with Crippen molar-refractivity contribution in [3.63, 3.8) is 0 Å². The first-order valence-electron chi connectivity index (χ1n) is 8.35. The molecule has 3 aliphatic rings. The van der Waals surface area contributed by atoms with E-state index in [1.165, 1.54) is 45.2 Å². The van der Waals surface area contributed by atoms with Gasteiger partial charge in [0.2, 0.25) is 0 Å². The second-order valence-electron chi connectivity index (χ2n) is 7.39. The highest BCUT2D eigenvalue weighted by atomic mass is 16.2. The summed E-state index contributed by atoms with van der Waals surface area (Å²) < 4.78 is 0. The number of likely N-dealkylation sites (tertiary alicyclic amines) is 2. The zero-order valence-electron chi connectivity index (χ0n) is 13.0. The van der Waals surface area contributed by atoms with Crippen molar-refractivity contribution in [1.29, 1.82) is 0 Å². The largest absolute Gasteiger partial charge is 0.333 e. The van der Waals surface area contributed by atoms with E-state index >= 15 is 0 Å². The van der Waals surface area contributed by atoms with Crippen LogP contribution >= 0.6 is 0 Å². The van der Waals surface area contributed by atoms with E-state index in [4.69, 9.17) is 0 Å². The van der Waals surface area contributed by atoms with Crippen LogP contribution in [-0.4, -0.2) is 54.1 Å². The van der Waals surface area contributed by atoms with Gasteiger partial charge in [0.1, 0.15) is 0 Å². The van der Waals surface area contributed by atoms with Crippen LogP contribution < -0.4 is 5.32 Å². The number of nitrogens with one attached hydrogen (secondary N) is 1. The third-order valence-electron chi connectivity index (χ3n) is 5.73. The van der Waals surface area contributed by atoms with Gasteiger partial charge in [-0.2, -0.15) is 0 Å². The highest BCUT2D eigenvalue weighted by molar-refractivity contribution is 5.76. The van der Waals surface area contributed by atoms with Gasteiger partial charge in [-0.1, -0.05) is 0 Å². The Labute approximate surface area is 122 Å². The molecule has 4 nitrogen and oxygen atoms in total. The molecule has 0 aromatic heterocycles. The number of rotatable bonds is 2. The van der Waals surface area contributed by atoms with E-state index in [0.29, 0.717) is 12.0 Å². The quantitative estimate of drug-likeness (QED) is 0.843. The first-order valence-corrected chi connectivity index (χ1v) is 8.35. The number of urea groups is 1. The van der Waals surface area contributed by atoms with E-state index in [1.807, 2.05) is 0 Å². The Balaban J connectivity index is 1.58. The van der Waals surface area contributed by atoms with Crippen LogP contribution in [0.15, 0.2) is 0 Å². The second kappa shape index (κ2) is 5.55. The number of nitrogens with zero attached hydrogens (tertiary/aromatic N) is 2. The minimum Gasteiger partial charge on any atom is -0.333 e. The van der Waals surface area contributed by atoms with Gasteiger partial charge in [0.15, 0.2) is 0 Å². The lowest BCUT2D eigenvalue weighted by Gasteiger charge is -2.42. The van der Waals surface area contributed by atoms with Crippen LogP contribution in [0.25, 0.3) is 0 Å². The number of hydrogen-bond acceptors (Lipinski definition) is 2. The van der Waals surface area contributed by atoms with Crippen LogP contribution in [0.5, 0.6) is 0 Å². The van der Waals surface area contributed by atoms with Crippen LogP contribution in [0, 0.1) is 5.92 Å². The lowest BCUT2D eigenvalue weighted by atomic mass is 9.79. The molecule has 4 heteroatoms. The summed E-state index contributed by atoms with van der Waals surface area (Å²) in [4.78, 5) is 17.1. The maximum atomic E-state index is 12.6. The summed E-state index contributed by atoms with van der Waals surface area (Å²) in [5.74, 6) is 0.716. The van der Waals surface area contributed by atoms with Crippen molar-refractivity contribution in [2.75, 3.05) is 26.7 Å². The van der Waals surface area contributed by atoms with E-state index < -0.39 is 0 Å². The minimum absolute atomic E-state index is 0.0804. The molecule has 20 heavy (non-hydrogen) atoms. The second-order valence-corrected chi connectivity index (χ2v) is 7.39. The number of carbonyl (C=O) groups excluding carboxylic acids is 1. The summed E-state index contributed by atoms with van der Waals surface area (Å²) in [6.45, 7) is 5.52. The molecule has 2 amide bonds. The molecule has 3 rings (SSSR count). The molecule has 1 saturated carbocycles. The van der Waals surface area contributed by atoms with Crippen LogP contribution in [0.2, 0.25) is 0 Å². The summed E-state index contributed by atoms with van der Waals surface area (Å²) >= 11 is 0. The zero-order valence-corrected chi connectivity index (χ0v) is 13.0. The first kappa shape index (κ1) is 14.2. The third kappa shape index (κ3) is 2.80. The molecule has 0 aromatic rings. The van der Waals surface area contributed by atoms with E-state index in [2.05, 4.69) is 29.1 Å². The number of piperidine rings is 1. The highest BCUT2D eigenvalue weighted by Crippen LogP contribution is 2.34. The van der Waals surface area contributed by atoms with Crippen LogP contribution in [0.3, 0.4) is 0 Å². The molecule has 0 spiro atoms. The molecule has 114 valence electrons. The van der Waals surface area contributed by atoms with Crippen LogP contribution in [-0.2, 0) is 0 Å². The van der Waals surface area contributed by atoms with Gasteiger partial charge < -0.3 is 15.1 Å². The molecule has 0 unspecified atom stereocenters. The van der Waals surface area contributed by atoms with Crippen molar-refractivity contribution in [2.45, 2.75) is 63.5 Å². The molecule has 3 fully saturated rings. The first-order chi connectivity index (χ1) is 9.57. The SMILES string of the molecule is CN1CCC([C@@H]2CCCN2C(=O)NC2(C)CCC2)CC1. The minimum atomic E-state index is 0.0804. The number of hydrogen-bond donors (Lipinski definition) is 1. The van der Waals surface area contributed by atoms with Crippen molar-refractivity contribution in [2.24, 2.45) is 5.92 Å². The Morgan fingerprint density at radius 2 is 1.80 bits per heavy atom. The number of amides is 2. The van der Waals surface area contributed by atoms with Gasteiger partial charge in [-0.3, -0.25) is 0 Å². The smallest absolute Gasteiger partial charge is 0.318 e. The van der Waals surface area contributed by atoms with Crippen molar-refractivity contribution in [1.82, 2.24) is 15.1 Å².